The average molecular weight is 418 g/mol. The van der Waals surface area contributed by atoms with E-state index in [1.807, 2.05) is 60.7 Å². The number of hydrogen-bond acceptors (Lipinski definition) is 5. The zero-order chi connectivity index (χ0) is 21.8. The van der Waals surface area contributed by atoms with Crippen molar-refractivity contribution in [1.82, 2.24) is 5.32 Å². The Morgan fingerprint density at radius 2 is 1.74 bits per heavy atom. The molecule has 0 saturated heterocycles. The second-order valence-corrected chi connectivity index (χ2v) is 7.18. The number of nitrogens with one attached hydrogen (secondary N) is 1. The van der Waals surface area contributed by atoms with E-state index in [0.717, 1.165) is 11.1 Å². The van der Waals surface area contributed by atoms with Gasteiger partial charge in [0.15, 0.2) is 12.1 Å². The van der Waals surface area contributed by atoms with Gasteiger partial charge in [-0.2, -0.15) is 0 Å². The summed E-state index contributed by atoms with van der Waals surface area (Å²) in [5, 5.41) is 12.5. The number of carbonyl (C=O) groups excluding carboxylic acids is 2. The lowest BCUT2D eigenvalue weighted by atomic mass is 10.0. The van der Waals surface area contributed by atoms with Crippen molar-refractivity contribution in [3.8, 4) is 11.5 Å². The Bertz CT molecular complexity index is 1070. The molecule has 1 heterocycles. The molecule has 0 aromatic heterocycles. The van der Waals surface area contributed by atoms with E-state index in [0.29, 0.717) is 11.4 Å². The van der Waals surface area contributed by atoms with Gasteiger partial charge in [-0.05, 0) is 23.3 Å². The van der Waals surface area contributed by atoms with Crippen molar-refractivity contribution >= 4 is 17.7 Å². The summed E-state index contributed by atoms with van der Waals surface area (Å²) in [5.41, 5.74) is 1.96. The minimum absolute atomic E-state index is 0.00643. The fourth-order valence-electron chi connectivity index (χ4n) is 3.46. The summed E-state index contributed by atoms with van der Waals surface area (Å²) in [6.07, 6.45) is -1.51. The number of ether oxygens (including phenoxy) is 2. The third kappa shape index (κ3) is 4.45. The first kappa shape index (κ1) is 20.3. The zero-order valence-corrected chi connectivity index (χ0v) is 16.9. The van der Waals surface area contributed by atoms with Crippen molar-refractivity contribution < 1.29 is 24.2 Å². The van der Waals surface area contributed by atoms with E-state index >= 15 is 0 Å². The molecule has 3 aromatic carbocycles. The number of phenolic OH excluding ortho intramolecular Hbond substituents is 1. The maximum atomic E-state index is 13.3. The van der Waals surface area contributed by atoms with Crippen LogP contribution in [0.25, 0.3) is 0 Å². The molecule has 0 fully saturated rings. The van der Waals surface area contributed by atoms with Crippen LogP contribution in [0.2, 0.25) is 0 Å². The highest BCUT2D eigenvalue weighted by Crippen LogP contribution is 2.39. The standard InChI is InChI=1S/C24H22N2O5/c1-26-19-14-18(27)12-13-20(19)31-22(17-10-6-3-7-11-17)21(23(26)28)25-24(29)30-15-16-8-4-2-5-9-16/h2-14,21-22,27H,15H2,1H3,(H,25,29)/t21-,22+/m0/s1. The lowest BCUT2D eigenvalue weighted by Gasteiger charge is -2.26. The zero-order valence-electron chi connectivity index (χ0n) is 16.9. The Balaban J connectivity index is 1.61. The van der Waals surface area contributed by atoms with Gasteiger partial charge >= 0.3 is 6.09 Å². The molecule has 0 bridgehead atoms. The third-order valence-corrected chi connectivity index (χ3v) is 5.07. The first-order valence-corrected chi connectivity index (χ1v) is 9.82. The summed E-state index contributed by atoms with van der Waals surface area (Å²) in [5.74, 6) is 0.0336. The summed E-state index contributed by atoms with van der Waals surface area (Å²) in [7, 11) is 1.57. The van der Waals surface area contributed by atoms with Gasteiger partial charge < -0.3 is 24.8 Å². The molecule has 0 aliphatic carbocycles. The predicted octanol–water partition coefficient (Wildman–Crippen LogP) is 3.78. The quantitative estimate of drug-likeness (QED) is 0.673. The van der Waals surface area contributed by atoms with Gasteiger partial charge in [0.05, 0.1) is 5.69 Å². The molecule has 2 N–H and O–H groups in total. The summed E-state index contributed by atoms with van der Waals surface area (Å²) < 4.78 is 11.5. The maximum Gasteiger partial charge on any atom is 0.408 e. The molecule has 158 valence electrons. The van der Waals surface area contributed by atoms with Gasteiger partial charge in [0.2, 0.25) is 0 Å². The number of anilines is 1. The minimum atomic E-state index is -1.04. The fourth-order valence-corrected chi connectivity index (χ4v) is 3.46. The first-order valence-electron chi connectivity index (χ1n) is 9.82. The number of amides is 2. The monoisotopic (exact) mass is 418 g/mol. The van der Waals surface area contributed by atoms with E-state index in [9.17, 15) is 14.7 Å². The highest BCUT2D eigenvalue weighted by Gasteiger charge is 2.39. The van der Waals surface area contributed by atoms with Crippen LogP contribution in [0.5, 0.6) is 11.5 Å². The molecular weight excluding hydrogens is 396 g/mol. The molecule has 2 atom stereocenters. The number of rotatable bonds is 4. The Labute approximate surface area is 179 Å². The lowest BCUT2D eigenvalue weighted by Crippen LogP contribution is -2.50. The van der Waals surface area contributed by atoms with Crippen LogP contribution in [0, 0.1) is 0 Å². The summed E-state index contributed by atoms with van der Waals surface area (Å²) in [6, 6.07) is 21.9. The summed E-state index contributed by atoms with van der Waals surface area (Å²) in [6.45, 7) is 0.0778. The highest BCUT2D eigenvalue weighted by molar-refractivity contribution is 6.00. The molecule has 4 rings (SSSR count). The van der Waals surface area contributed by atoms with E-state index in [1.54, 1.807) is 13.1 Å². The number of benzene rings is 3. The smallest absolute Gasteiger partial charge is 0.408 e. The molecule has 31 heavy (non-hydrogen) atoms. The fraction of sp³-hybridized carbons (Fsp3) is 0.167. The van der Waals surface area contributed by atoms with E-state index in [1.165, 1.54) is 17.0 Å². The molecule has 2 amide bonds. The van der Waals surface area contributed by atoms with E-state index < -0.39 is 24.1 Å². The molecular formula is C24H22N2O5. The number of alkyl carbamates (subject to hydrolysis) is 1. The van der Waals surface area contributed by atoms with E-state index in [4.69, 9.17) is 9.47 Å². The second kappa shape index (κ2) is 8.79. The van der Waals surface area contributed by atoms with Crippen molar-refractivity contribution in [2.75, 3.05) is 11.9 Å². The van der Waals surface area contributed by atoms with Crippen LogP contribution >= 0.6 is 0 Å². The largest absolute Gasteiger partial charge is 0.508 e. The first-order chi connectivity index (χ1) is 15.0. The number of nitrogens with zero attached hydrogens (tertiary/aromatic N) is 1. The van der Waals surface area contributed by atoms with Crippen LogP contribution in [0.4, 0.5) is 10.5 Å². The normalized spacial score (nSPS) is 17.8. The molecule has 3 aromatic rings. The molecule has 7 heteroatoms. The van der Waals surface area contributed by atoms with Crippen molar-refractivity contribution in [3.05, 3.63) is 90.0 Å². The minimum Gasteiger partial charge on any atom is -0.508 e. The molecule has 0 saturated carbocycles. The van der Waals surface area contributed by atoms with Crippen molar-refractivity contribution in [2.45, 2.75) is 18.8 Å². The van der Waals surface area contributed by atoms with Gasteiger partial charge in [0.25, 0.3) is 5.91 Å². The molecule has 0 radical (unpaired) electrons. The molecule has 1 aliphatic heterocycles. The Morgan fingerprint density at radius 1 is 1.06 bits per heavy atom. The Kier molecular flexibility index (Phi) is 5.75. The number of fused-ring (bicyclic) bond motifs is 1. The second-order valence-electron chi connectivity index (χ2n) is 7.18. The predicted molar refractivity (Wildman–Crippen MR) is 115 cm³/mol. The van der Waals surface area contributed by atoms with Gasteiger partial charge in [-0.3, -0.25) is 4.79 Å². The SMILES string of the molecule is CN1C(=O)[C@@H](NC(=O)OCc2ccccc2)[C@@H](c2ccccc2)Oc2ccc(O)cc21. The van der Waals surface area contributed by atoms with Gasteiger partial charge in [-0.25, -0.2) is 4.79 Å². The van der Waals surface area contributed by atoms with Crippen LogP contribution in [-0.4, -0.2) is 30.2 Å². The van der Waals surface area contributed by atoms with Crippen LogP contribution in [0.1, 0.15) is 17.2 Å². The topological polar surface area (TPSA) is 88.1 Å². The lowest BCUT2D eigenvalue weighted by molar-refractivity contribution is -0.122. The number of phenols is 1. The van der Waals surface area contributed by atoms with Crippen LogP contribution in [0.3, 0.4) is 0 Å². The summed E-state index contributed by atoms with van der Waals surface area (Å²) in [4.78, 5) is 27.2. The molecule has 0 unspecified atom stereocenters. The van der Waals surface area contributed by atoms with Crippen molar-refractivity contribution in [3.63, 3.8) is 0 Å². The molecule has 7 nitrogen and oxygen atoms in total. The highest BCUT2D eigenvalue weighted by atomic mass is 16.5. The number of likely N-dealkylation sites (N-methyl/N-ethyl adjacent to an activating group) is 1. The van der Waals surface area contributed by atoms with Gasteiger partial charge in [-0.1, -0.05) is 60.7 Å². The summed E-state index contributed by atoms with van der Waals surface area (Å²) >= 11 is 0. The van der Waals surface area contributed by atoms with Crippen LogP contribution in [0.15, 0.2) is 78.9 Å². The van der Waals surface area contributed by atoms with Gasteiger partial charge in [0.1, 0.15) is 18.1 Å². The third-order valence-electron chi connectivity index (χ3n) is 5.07. The Morgan fingerprint density at radius 3 is 2.45 bits per heavy atom. The van der Waals surface area contributed by atoms with Crippen LogP contribution < -0.4 is 15.0 Å². The maximum absolute atomic E-state index is 13.3. The average Bonchev–Trinajstić information content (AvgIpc) is 2.89. The number of aromatic hydroxyl groups is 1. The number of hydrogen-bond donors (Lipinski definition) is 2. The molecule has 1 aliphatic rings. The van der Waals surface area contributed by atoms with Crippen LogP contribution in [-0.2, 0) is 16.1 Å². The molecule has 0 spiro atoms. The van der Waals surface area contributed by atoms with Gasteiger partial charge in [0, 0.05) is 13.1 Å². The Hall–Kier alpha value is -4.00. The van der Waals surface area contributed by atoms with Crippen molar-refractivity contribution in [2.24, 2.45) is 0 Å². The van der Waals surface area contributed by atoms with E-state index in [-0.39, 0.29) is 12.4 Å². The number of carbonyl (C=O) groups is 2. The van der Waals surface area contributed by atoms with E-state index in [2.05, 4.69) is 5.32 Å². The van der Waals surface area contributed by atoms with Gasteiger partial charge in [-0.15, -0.1) is 0 Å². The van der Waals surface area contributed by atoms with Crippen molar-refractivity contribution in [1.29, 1.82) is 0 Å².